The van der Waals surface area contributed by atoms with Crippen molar-refractivity contribution in [3.05, 3.63) is 58.4 Å². The quantitative estimate of drug-likeness (QED) is 0.180. The van der Waals surface area contributed by atoms with Crippen LogP contribution in [0.5, 0.6) is 5.75 Å². The smallest absolute Gasteiger partial charge is 0.200 e. The van der Waals surface area contributed by atoms with Gasteiger partial charge in [-0.25, -0.2) is 22.0 Å². The molecule has 0 amide bonds. The van der Waals surface area contributed by atoms with E-state index in [9.17, 15) is 22.0 Å². The van der Waals surface area contributed by atoms with E-state index < -0.39 is 48.1 Å². The highest BCUT2D eigenvalue weighted by atomic mass is 31.1. The molecule has 0 spiro atoms. The molecule has 0 bridgehead atoms. The molecule has 2 aromatic carbocycles. The highest BCUT2D eigenvalue weighted by molar-refractivity contribution is 7.48. The van der Waals surface area contributed by atoms with Crippen molar-refractivity contribution in [2.24, 2.45) is 0 Å². The normalized spacial score (nSPS) is 12.2. The molecule has 2 aromatic rings. The third-order valence-corrected chi connectivity index (χ3v) is 6.97. The summed E-state index contributed by atoms with van der Waals surface area (Å²) < 4.78 is 80.1. The van der Waals surface area contributed by atoms with Crippen LogP contribution in [-0.4, -0.2) is 13.9 Å². The Morgan fingerprint density at radius 1 is 0.893 bits per heavy atom. The molecule has 154 valence electrons. The van der Waals surface area contributed by atoms with Crippen LogP contribution in [0.2, 0.25) is 0 Å². The molecule has 0 aliphatic heterocycles. The summed E-state index contributed by atoms with van der Waals surface area (Å²) in [6, 6.07) is 5.34. The number of para-hydroxylation sites is 1. The van der Waals surface area contributed by atoms with Gasteiger partial charge in [0, 0.05) is 17.8 Å². The Balaban J connectivity index is 2.66. The number of hydrogen-bond donors (Lipinski definition) is 0. The van der Waals surface area contributed by atoms with Gasteiger partial charge in [-0.05, 0) is 25.3 Å². The van der Waals surface area contributed by atoms with Crippen LogP contribution >= 0.6 is 8.58 Å². The van der Waals surface area contributed by atoms with Gasteiger partial charge in [0.15, 0.2) is 30.1 Å². The average molecular weight is 420 g/mol. The van der Waals surface area contributed by atoms with Crippen LogP contribution in [-0.2, 0) is 9.89 Å². The topological polar surface area (TPSA) is 18.5 Å². The van der Waals surface area contributed by atoms with Crippen molar-refractivity contribution in [1.29, 1.82) is 0 Å². The molecule has 28 heavy (non-hydrogen) atoms. The van der Waals surface area contributed by atoms with Gasteiger partial charge in [0.1, 0.15) is 5.75 Å². The van der Waals surface area contributed by atoms with E-state index in [0.717, 1.165) is 5.56 Å². The molecule has 0 aromatic heterocycles. The van der Waals surface area contributed by atoms with E-state index in [-0.39, 0.29) is 6.79 Å². The van der Waals surface area contributed by atoms with Crippen LogP contribution in [0.15, 0.2) is 18.2 Å². The van der Waals surface area contributed by atoms with Crippen molar-refractivity contribution in [2.75, 3.05) is 13.9 Å². The SMILES string of the molecule is CCC(CC)(Pc1c(F)c(F)c(F)c(F)c1F)c1cccc(C)c1OCOC. The molecule has 0 saturated carbocycles. The standard InChI is InChI=1S/C20H22F5O2P/c1-5-20(6-2,12-9-7-8-11(3)18(12)27-10-26-4)28-19-16(24)14(22)13(21)15(23)17(19)25/h7-9,28H,5-6,10H2,1-4H3. The average Bonchev–Trinajstić information content (AvgIpc) is 2.70. The Kier molecular flexibility index (Phi) is 7.40. The Hall–Kier alpha value is -1.72. The van der Waals surface area contributed by atoms with Gasteiger partial charge in [-0.3, -0.25) is 0 Å². The minimum atomic E-state index is -2.15. The van der Waals surface area contributed by atoms with Crippen molar-refractivity contribution in [3.8, 4) is 5.75 Å². The second kappa shape index (κ2) is 9.19. The fraction of sp³-hybridized carbons (Fsp3) is 0.400. The molecule has 0 aliphatic carbocycles. The fourth-order valence-electron chi connectivity index (χ4n) is 3.17. The largest absolute Gasteiger partial charge is 0.467 e. The molecule has 1 atom stereocenters. The van der Waals surface area contributed by atoms with Crippen LogP contribution in [0, 0.1) is 36.0 Å². The Labute approximate surface area is 162 Å². The van der Waals surface area contributed by atoms with Gasteiger partial charge in [-0.2, -0.15) is 0 Å². The van der Waals surface area contributed by atoms with Gasteiger partial charge >= 0.3 is 0 Å². The Morgan fingerprint density at radius 3 is 1.93 bits per heavy atom. The van der Waals surface area contributed by atoms with Gasteiger partial charge in [0.25, 0.3) is 0 Å². The van der Waals surface area contributed by atoms with Crippen LogP contribution in [0.25, 0.3) is 0 Å². The zero-order chi connectivity index (χ0) is 21.1. The first-order chi connectivity index (χ1) is 13.2. The molecule has 0 heterocycles. The Morgan fingerprint density at radius 2 is 1.43 bits per heavy atom. The van der Waals surface area contributed by atoms with E-state index in [2.05, 4.69) is 0 Å². The predicted molar refractivity (Wildman–Crippen MR) is 100 cm³/mol. The lowest BCUT2D eigenvalue weighted by atomic mass is 9.90. The second-order valence-electron chi connectivity index (χ2n) is 6.36. The third kappa shape index (κ3) is 4.01. The third-order valence-electron chi connectivity index (χ3n) is 4.83. The first-order valence-corrected chi connectivity index (χ1v) is 9.75. The van der Waals surface area contributed by atoms with E-state index in [0.29, 0.717) is 24.2 Å². The minimum Gasteiger partial charge on any atom is -0.467 e. The zero-order valence-electron chi connectivity index (χ0n) is 16.1. The molecule has 0 aliphatic rings. The molecule has 8 heteroatoms. The number of halogens is 5. The van der Waals surface area contributed by atoms with Crippen LogP contribution in [0.1, 0.15) is 37.8 Å². The summed E-state index contributed by atoms with van der Waals surface area (Å²) in [5.74, 6) is -9.09. The molecule has 2 rings (SSSR count). The molecular weight excluding hydrogens is 398 g/mol. The summed E-state index contributed by atoms with van der Waals surface area (Å²) in [5.41, 5.74) is 1.43. The number of hydrogen-bond acceptors (Lipinski definition) is 2. The number of benzene rings is 2. The molecular formula is C20H22F5O2P. The molecule has 0 saturated heterocycles. The lowest BCUT2D eigenvalue weighted by Gasteiger charge is -2.34. The van der Waals surface area contributed by atoms with Gasteiger partial charge < -0.3 is 9.47 Å². The maximum atomic E-state index is 14.3. The first-order valence-electron chi connectivity index (χ1n) is 8.75. The number of rotatable bonds is 8. The number of aryl methyl sites for hydroxylation is 1. The van der Waals surface area contributed by atoms with E-state index >= 15 is 0 Å². The lowest BCUT2D eigenvalue weighted by molar-refractivity contribution is 0.0494. The van der Waals surface area contributed by atoms with E-state index in [1.165, 1.54) is 7.11 Å². The fourth-order valence-corrected chi connectivity index (χ4v) is 4.77. The van der Waals surface area contributed by atoms with Gasteiger partial charge in [-0.15, -0.1) is 0 Å². The van der Waals surface area contributed by atoms with Crippen LogP contribution in [0.4, 0.5) is 22.0 Å². The van der Waals surface area contributed by atoms with E-state index in [4.69, 9.17) is 9.47 Å². The van der Waals surface area contributed by atoms with Crippen LogP contribution in [0.3, 0.4) is 0 Å². The number of ether oxygens (including phenoxy) is 2. The van der Waals surface area contributed by atoms with Crippen molar-refractivity contribution in [2.45, 2.75) is 38.8 Å². The van der Waals surface area contributed by atoms with Gasteiger partial charge in [0.2, 0.25) is 5.82 Å². The zero-order valence-corrected chi connectivity index (χ0v) is 17.1. The maximum Gasteiger partial charge on any atom is 0.200 e. The van der Waals surface area contributed by atoms with Crippen molar-refractivity contribution in [3.63, 3.8) is 0 Å². The summed E-state index contributed by atoms with van der Waals surface area (Å²) in [5, 5.41) is -1.66. The van der Waals surface area contributed by atoms with Gasteiger partial charge in [0.05, 0.1) is 5.30 Å². The molecule has 0 radical (unpaired) electrons. The van der Waals surface area contributed by atoms with Crippen molar-refractivity contribution < 1.29 is 31.4 Å². The van der Waals surface area contributed by atoms with Crippen molar-refractivity contribution in [1.82, 2.24) is 0 Å². The molecule has 0 fully saturated rings. The number of methoxy groups -OCH3 is 1. The van der Waals surface area contributed by atoms with E-state index in [1.807, 2.05) is 26.8 Å². The first kappa shape index (κ1) is 22.6. The highest BCUT2D eigenvalue weighted by Crippen LogP contribution is 2.51. The summed E-state index contributed by atoms with van der Waals surface area (Å²) in [4.78, 5) is 0. The predicted octanol–water partition coefficient (Wildman–Crippen LogP) is 5.69. The maximum absolute atomic E-state index is 14.3. The Bertz CT molecular complexity index is 824. The second-order valence-corrected chi connectivity index (χ2v) is 8.07. The summed E-state index contributed by atoms with van der Waals surface area (Å²) >= 11 is 0. The van der Waals surface area contributed by atoms with Crippen molar-refractivity contribution >= 4 is 13.9 Å². The summed E-state index contributed by atoms with van der Waals surface area (Å²) in [6.07, 6.45) is 0.822. The molecule has 1 unspecified atom stereocenters. The van der Waals surface area contributed by atoms with Crippen LogP contribution < -0.4 is 10.0 Å². The summed E-state index contributed by atoms with van der Waals surface area (Å²) in [6.45, 7) is 5.40. The monoisotopic (exact) mass is 420 g/mol. The highest BCUT2D eigenvalue weighted by Gasteiger charge is 2.37. The molecule has 0 N–H and O–H groups in total. The summed E-state index contributed by atoms with van der Waals surface area (Å²) in [7, 11) is 0.770. The van der Waals surface area contributed by atoms with Gasteiger partial charge in [-0.1, -0.05) is 40.6 Å². The minimum absolute atomic E-state index is 0.0347. The lowest BCUT2D eigenvalue weighted by Crippen LogP contribution is -2.27. The van der Waals surface area contributed by atoms with E-state index in [1.54, 1.807) is 12.1 Å². The molecule has 2 nitrogen and oxygen atoms in total.